The van der Waals surface area contributed by atoms with Gasteiger partial charge < -0.3 is 23.5 Å². The first kappa shape index (κ1) is 42.4. The summed E-state index contributed by atoms with van der Waals surface area (Å²) in [5.41, 5.74) is 4.08. The first-order chi connectivity index (χ1) is 25.5. The SMILES string of the molecule is COc1cc(CN(c2c(C)c([C@H](OC(C)(C)C)C(=O)OCc3ccccc3)c(-c3ccc(C)cc3)c(C)c2B2OC(C)(C)C(C)(C)O2)S(C)(=O)=O)c(Br)cn1. The van der Waals surface area contributed by atoms with Crippen LogP contribution in [-0.2, 0) is 46.8 Å². The van der Waals surface area contributed by atoms with Crippen molar-refractivity contribution in [2.24, 2.45) is 0 Å². The molecule has 294 valence electrons. The highest BCUT2D eigenvalue weighted by Gasteiger charge is 2.54. The van der Waals surface area contributed by atoms with Gasteiger partial charge in [0, 0.05) is 27.8 Å². The molecule has 0 spiro atoms. The van der Waals surface area contributed by atoms with Crippen LogP contribution in [0.2, 0.25) is 0 Å². The predicted molar refractivity (Wildman–Crippen MR) is 221 cm³/mol. The minimum atomic E-state index is -4.05. The standard InChI is InChI=1S/C42H52BBrN2O8S/c1-26-18-20-30(21-19-26)34-27(2)36(43-53-41(7,8)42(9,10)54-43)37(46(55(12,48)49)24-31-22-33(50-11)45-23-32(31)44)28(3)35(34)38(52-40(4,5)6)39(47)51-25-29-16-14-13-15-17-29/h13-23,38H,24-25H2,1-12H3/t38-/m0/s1. The van der Waals surface area contributed by atoms with Crippen LogP contribution in [0.4, 0.5) is 5.69 Å². The largest absolute Gasteiger partial charge is 0.497 e. The fraction of sp³-hybridized carbons (Fsp3) is 0.429. The normalized spacial score (nSPS) is 15.8. The second kappa shape index (κ2) is 16.0. The van der Waals surface area contributed by atoms with Crippen molar-refractivity contribution in [3.63, 3.8) is 0 Å². The molecule has 1 fully saturated rings. The van der Waals surface area contributed by atoms with Gasteiger partial charge in [-0.1, -0.05) is 60.2 Å². The van der Waals surface area contributed by atoms with Crippen LogP contribution in [0.5, 0.6) is 5.88 Å². The molecular formula is C42H52BBrN2O8S. The third-order valence-electron chi connectivity index (χ3n) is 10.1. The number of pyridine rings is 1. The summed E-state index contributed by atoms with van der Waals surface area (Å²) in [6, 6.07) is 19.1. The monoisotopic (exact) mass is 834 g/mol. The van der Waals surface area contributed by atoms with E-state index in [1.807, 2.05) is 124 Å². The van der Waals surface area contributed by atoms with Gasteiger partial charge in [0.25, 0.3) is 0 Å². The summed E-state index contributed by atoms with van der Waals surface area (Å²) in [6.07, 6.45) is 1.47. The lowest BCUT2D eigenvalue weighted by atomic mass is 9.70. The number of sulfonamides is 1. The second-order valence-corrected chi connectivity index (χ2v) is 18.8. The van der Waals surface area contributed by atoms with Crippen LogP contribution in [0.25, 0.3) is 11.1 Å². The molecule has 13 heteroatoms. The number of esters is 1. The highest BCUT2D eigenvalue weighted by Crippen LogP contribution is 2.45. The first-order valence-corrected chi connectivity index (χ1v) is 20.8. The van der Waals surface area contributed by atoms with Gasteiger partial charge in [-0.25, -0.2) is 18.2 Å². The van der Waals surface area contributed by atoms with E-state index in [2.05, 4.69) is 20.9 Å². The van der Waals surface area contributed by atoms with Crippen molar-refractivity contribution in [1.29, 1.82) is 0 Å². The molecule has 1 aliphatic heterocycles. The summed E-state index contributed by atoms with van der Waals surface area (Å²) in [7, 11) is -3.53. The zero-order valence-electron chi connectivity index (χ0n) is 33.9. The highest BCUT2D eigenvalue weighted by molar-refractivity contribution is 9.10. The number of aryl methyl sites for hydroxylation is 1. The fourth-order valence-electron chi connectivity index (χ4n) is 6.61. The van der Waals surface area contributed by atoms with Crippen LogP contribution in [-0.4, -0.2) is 56.7 Å². The second-order valence-electron chi connectivity index (χ2n) is 16.0. The zero-order chi connectivity index (χ0) is 40.7. The summed E-state index contributed by atoms with van der Waals surface area (Å²) in [6.45, 7) is 19.1. The molecule has 5 rings (SSSR count). The number of aromatic nitrogens is 1. The van der Waals surface area contributed by atoms with Crippen LogP contribution in [0.15, 0.2) is 71.3 Å². The third-order valence-corrected chi connectivity index (χ3v) is 12.0. The Morgan fingerprint density at radius 1 is 0.964 bits per heavy atom. The van der Waals surface area contributed by atoms with Crippen LogP contribution < -0.4 is 14.5 Å². The van der Waals surface area contributed by atoms with Gasteiger partial charge in [0.15, 0.2) is 6.10 Å². The maximum absolute atomic E-state index is 14.5. The van der Waals surface area contributed by atoms with Gasteiger partial charge in [0.1, 0.15) is 6.61 Å². The van der Waals surface area contributed by atoms with E-state index in [1.165, 1.54) is 11.4 Å². The molecule has 0 radical (unpaired) electrons. The number of methoxy groups -OCH3 is 1. The summed E-state index contributed by atoms with van der Waals surface area (Å²) in [5.74, 6) is -0.294. The van der Waals surface area contributed by atoms with Gasteiger partial charge in [-0.15, -0.1) is 0 Å². The number of hydrogen-bond donors (Lipinski definition) is 0. The molecule has 0 N–H and O–H groups in total. The number of nitrogens with zero attached hydrogens (tertiary/aromatic N) is 2. The van der Waals surface area contributed by atoms with E-state index in [4.69, 9.17) is 23.5 Å². The van der Waals surface area contributed by atoms with Gasteiger partial charge in [-0.05, 0) is 119 Å². The summed E-state index contributed by atoms with van der Waals surface area (Å²) < 4.78 is 62.0. The number of rotatable bonds is 12. The van der Waals surface area contributed by atoms with Gasteiger partial charge in [0.05, 0.1) is 42.4 Å². The number of carbonyl (C=O) groups is 1. The molecular weight excluding hydrogens is 783 g/mol. The van der Waals surface area contributed by atoms with E-state index >= 15 is 0 Å². The van der Waals surface area contributed by atoms with Crippen LogP contribution in [0.3, 0.4) is 0 Å². The maximum Gasteiger partial charge on any atom is 0.497 e. The molecule has 1 aliphatic rings. The van der Waals surface area contributed by atoms with Crippen molar-refractivity contribution in [2.45, 2.75) is 105 Å². The van der Waals surface area contributed by atoms with E-state index in [9.17, 15) is 13.2 Å². The van der Waals surface area contributed by atoms with Gasteiger partial charge >= 0.3 is 13.1 Å². The topological polar surface area (TPSA) is 113 Å². The van der Waals surface area contributed by atoms with Gasteiger partial charge in [-0.3, -0.25) is 4.31 Å². The van der Waals surface area contributed by atoms with E-state index in [-0.39, 0.29) is 13.2 Å². The Labute approximate surface area is 335 Å². The van der Waals surface area contributed by atoms with Gasteiger partial charge in [0.2, 0.25) is 15.9 Å². The zero-order valence-corrected chi connectivity index (χ0v) is 36.3. The highest BCUT2D eigenvalue weighted by atomic mass is 79.9. The van der Waals surface area contributed by atoms with E-state index in [0.29, 0.717) is 49.3 Å². The predicted octanol–water partition coefficient (Wildman–Crippen LogP) is 8.31. The Morgan fingerprint density at radius 3 is 2.11 bits per heavy atom. The lowest BCUT2D eigenvalue weighted by Crippen LogP contribution is -2.44. The average Bonchev–Trinajstić information content (AvgIpc) is 3.32. The number of halogens is 1. The minimum absolute atomic E-state index is 0.0216. The Kier molecular flexibility index (Phi) is 12.3. The van der Waals surface area contributed by atoms with Crippen LogP contribution in [0, 0.1) is 20.8 Å². The number of anilines is 1. The molecule has 55 heavy (non-hydrogen) atoms. The maximum atomic E-state index is 14.5. The molecule has 4 aromatic rings. The molecule has 0 aliphatic carbocycles. The number of hydrogen-bond acceptors (Lipinski definition) is 9. The summed E-state index contributed by atoms with van der Waals surface area (Å²) in [4.78, 5) is 18.8. The molecule has 1 saturated heterocycles. The summed E-state index contributed by atoms with van der Waals surface area (Å²) >= 11 is 3.58. The lowest BCUT2D eigenvalue weighted by molar-refractivity contribution is -0.168. The molecule has 0 unspecified atom stereocenters. The quantitative estimate of drug-likeness (QED) is 0.103. The molecule has 0 saturated carbocycles. The first-order valence-electron chi connectivity index (χ1n) is 18.2. The molecule has 1 aromatic heterocycles. The number of ether oxygens (including phenoxy) is 3. The van der Waals surface area contributed by atoms with Gasteiger partial charge in [-0.2, -0.15) is 0 Å². The Balaban J connectivity index is 1.90. The average molecular weight is 836 g/mol. The van der Waals surface area contributed by atoms with Crippen LogP contribution in [0.1, 0.15) is 88.0 Å². The number of benzene rings is 3. The lowest BCUT2D eigenvalue weighted by Gasteiger charge is -2.35. The molecule has 2 heterocycles. The third kappa shape index (κ3) is 9.29. The molecule has 3 aromatic carbocycles. The van der Waals surface area contributed by atoms with E-state index in [1.54, 1.807) is 12.3 Å². The molecule has 0 bridgehead atoms. The summed E-state index contributed by atoms with van der Waals surface area (Å²) in [5, 5.41) is 0. The number of carbonyl (C=O) groups excluding carboxylic acids is 1. The van der Waals surface area contributed by atoms with Crippen LogP contribution >= 0.6 is 15.9 Å². The van der Waals surface area contributed by atoms with Crippen molar-refractivity contribution >= 4 is 50.2 Å². The van der Waals surface area contributed by atoms with E-state index < -0.39 is 46.0 Å². The fourth-order valence-corrected chi connectivity index (χ4v) is 7.90. The Bertz CT molecular complexity index is 2140. The Hall–Kier alpha value is -3.75. The van der Waals surface area contributed by atoms with Crippen molar-refractivity contribution in [1.82, 2.24) is 4.98 Å². The minimum Gasteiger partial charge on any atom is -0.481 e. The van der Waals surface area contributed by atoms with Crippen molar-refractivity contribution in [3.8, 4) is 17.0 Å². The molecule has 10 nitrogen and oxygen atoms in total. The van der Waals surface area contributed by atoms with E-state index in [0.717, 1.165) is 22.9 Å². The van der Waals surface area contributed by atoms with Crippen molar-refractivity contribution in [2.75, 3.05) is 17.7 Å². The molecule has 1 atom stereocenters. The van der Waals surface area contributed by atoms with Crippen molar-refractivity contribution in [3.05, 3.63) is 105 Å². The smallest absolute Gasteiger partial charge is 0.481 e. The molecule has 0 amide bonds. The Morgan fingerprint density at radius 2 is 1.56 bits per heavy atom. The van der Waals surface area contributed by atoms with Crippen molar-refractivity contribution < 1.29 is 36.7 Å².